The van der Waals surface area contributed by atoms with Crippen LogP contribution in [0.4, 0.5) is 0 Å². The van der Waals surface area contributed by atoms with Crippen molar-refractivity contribution in [2.24, 2.45) is 22.7 Å². The van der Waals surface area contributed by atoms with Crippen LogP contribution in [0.15, 0.2) is 30.3 Å². The minimum atomic E-state index is -1.88. The molecule has 17 heteroatoms. The average molecular weight is 963 g/mol. The third-order valence-electron chi connectivity index (χ3n) is 18.2. The van der Waals surface area contributed by atoms with Crippen molar-refractivity contribution in [2.45, 2.75) is 228 Å². The van der Waals surface area contributed by atoms with Gasteiger partial charge in [0.1, 0.15) is 41.7 Å². The average Bonchev–Trinajstić information content (AvgIpc) is 3.54. The molecule has 1 aromatic rings. The number of methoxy groups -OCH3 is 3. The predicted octanol–water partition coefficient (Wildman–Crippen LogP) is 4.74. The van der Waals surface area contributed by atoms with Crippen LogP contribution in [0.1, 0.15) is 129 Å². The number of carbonyl (C=O) groups is 2. The molecule has 384 valence electrons. The van der Waals surface area contributed by atoms with Crippen molar-refractivity contribution in [3.63, 3.8) is 0 Å². The Morgan fingerprint density at radius 2 is 1.26 bits per heavy atom. The smallest absolute Gasteiger partial charge is 0.338 e. The predicted molar refractivity (Wildman–Crippen MR) is 242 cm³/mol. The highest BCUT2D eigenvalue weighted by Gasteiger charge is 2.82. The Morgan fingerprint density at radius 3 is 1.84 bits per heavy atom. The molecule has 22 atom stereocenters. The minimum absolute atomic E-state index is 0.0227. The molecule has 8 rings (SSSR count). The highest BCUT2D eigenvalue weighted by Crippen LogP contribution is 2.72. The van der Waals surface area contributed by atoms with Gasteiger partial charge in [-0.2, -0.15) is 0 Å². The van der Waals surface area contributed by atoms with Gasteiger partial charge < -0.3 is 72.5 Å². The summed E-state index contributed by atoms with van der Waals surface area (Å²) in [5.41, 5.74) is -7.09. The van der Waals surface area contributed by atoms with Crippen LogP contribution in [0.5, 0.6) is 0 Å². The maximum absolute atomic E-state index is 13.3. The lowest BCUT2D eigenvalue weighted by molar-refractivity contribution is -0.346. The molecule has 0 bridgehead atoms. The quantitative estimate of drug-likeness (QED) is 0.155. The molecule has 0 amide bonds. The van der Waals surface area contributed by atoms with E-state index in [1.54, 1.807) is 72.4 Å². The maximum Gasteiger partial charge on any atom is 0.338 e. The lowest BCUT2D eigenvalue weighted by Crippen LogP contribution is -2.79. The van der Waals surface area contributed by atoms with Crippen LogP contribution < -0.4 is 0 Å². The molecular formula is C51H78O17. The number of benzene rings is 1. The van der Waals surface area contributed by atoms with E-state index in [4.69, 9.17) is 52.1 Å². The molecule has 4 N–H and O–H groups in total. The van der Waals surface area contributed by atoms with E-state index in [0.29, 0.717) is 50.5 Å². The molecule has 7 aliphatic rings. The maximum atomic E-state index is 13.3. The molecule has 1 aromatic carbocycles. The molecule has 0 unspecified atom stereocenters. The van der Waals surface area contributed by atoms with Gasteiger partial charge in [0.2, 0.25) is 0 Å². The summed E-state index contributed by atoms with van der Waals surface area (Å²) in [6, 6.07) is 8.50. The van der Waals surface area contributed by atoms with E-state index in [-0.39, 0.29) is 49.9 Å². The fourth-order valence-corrected chi connectivity index (χ4v) is 14.2. The van der Waals surface area contributed by atoms with Crippen molar-refractivity contribution in [3.8, 4) is 0 Å². The lowest BCUT2D eigenvalue weighted by atomic mass is 9.40. The Morgan fingerprint density at radius 1 is 0.706 bits per heavy atom. The zero-order valence-corrected chi connectivity index (χ0v) is 41.6. The first kappa shape index (κ1) is 52.0. The molecule has 17 nitrogen and oxygen atoms in total. The summed E-state index contributed by atoms with van der Waals surface area (Å²) in [6.45, 7) is 12.4. The van der Waals surface area contributed by atoms with Gasteiger partial charge in [-0.05, 0) is 108 Å². The van der Waals surface area contributed by atoms with Crippen LogP contribution >= 0.6 is 0 Å². The summed E-state index contributed by atoms with van der Waals surface area (Å²) >= 11 is 0. The van der Waals surface area contributed by atoms with Crippen LogP contribution in [0.25, 0.3) is 0 Å². The molecule has 0 radical (unpaired) electrons. The summed E-state index contributed by atoms with van der Waals surface area (Å²) in [4.78, 5) is 26.1. The van der Waals surface area contributed by atoms with Gasteiger partial charge in [-0.3, -0.25) is 4.79 Å². The highest BCUT2D eigenvalue weighted by molar-refractivity contribution is 5.89. The van der Waals surface area contributed by atoms with E-state index in [1.807, 2.05) is 13.8 Å². The number of rotatable bonds is 13. The van der Waals surface area contributed by atoms with Crippen LogP contribution in [0.3, 0.4) is 0 Å². The van der Waals surface area contributed by atoms with Gasteiger partial charge >= 0.3 is 11.9 Å². The van der Waals surface area contributed by atoms with Crippen molar-refractivity contribution in [1.29, 1.82) is 0 Å². The zero-order valence-electron chi connectivity index (χ0n) is 41.6. The fourth-order valence-electron chi connectivity index (χ4n) is 14.2. The van der Waals surface area contributed by atoms with Gasteiger partial charge in [-0.1, -0.05) is 32.0 Å². The Kier molecular flexibility index (Phi) is 15.2. The zero-order chi connectivity index (χ0) is 49.1. The summed E-state index contributed by atoms with van der Waals surface area (Å²) < 4.78 is 68.1. The van der Waals surface area contributed by atoms with Crippen molar-refractivity contribution < 1.29 is 82.1 Å². The Labute approximate surface area is 401 Å². The molecule has 4 saturated carbocycles. The number of hydrogen-bond donors (Lipinski definition) is 4. The SMILES string of the molecule is CO[C@H]1C[C@H](O[C@H]2CC[C@@]3(C)[C@@H](CC[C@]4(O)[C@@H]3C[C@@H](OC(C)=O)[C@@]3(C)[C@]4(O)CC[C@]3(O)[C@H](C)OC(=O)c3ccccc3)C2)O[C@H](C)[C@H]1O[C@H]1C[C@H](OC)[C@H](O[C@H]2C[C@@H](OC)[C@H](O)[C@@H](C)O2)[C@@H](C)O1. The van der Waals surface area contributed by atoms with E-state index in [0.717, 1.165) is 0 Å². The first-order valence-corrected chi connectivity index (χ1v) is 25.0. The first-order valence-electron chi connectivity index (χ1n) is 25.0. The van der Waals surface area contributed by atoms with Crippen LogP contribution in [-0.2, 0) is 56.9 Å². The number of ether oxygens (including phenoxy) is 11. The second kappa shape index (κ2) is 19.9. The summed E-state index contributed by atoms with van der Waals surface area (Å²) in [6.07, 6.45) is -3.77. The second-order valence-electron chi connectivity index (χ2n) is 21.5. The van der Waals surface area contributed by atoms with Crippen molar-refractivity contribution in [1.82, 2.24) is 0 Å². The van der Waals surface area contributed by atoms with E-state index in [2.05, 4.69) is 6.92 Å². The summed E-state index contributed by atoms with van der Waals surface area (Å²) in [7, 11) is 4.85. The molecule has 7 fully saturated rings. The summed E-state index contributed by atoms with van der Waals surface area (Å²) in [5.74, 6) is -1.56. The van der Waals surface area contributed by atoms with E-state index in [9.17, 15) is 30.0 Å². The van der Waals surface area contributed by atoms with Crippen LogP contribution in [-0.4, -0.2) is 163 Å². The normalized spacial score (nSPS) is 48.6. The van der Waals surface area contributed by atoms with E-state index >= 15 is 0 Å². The minimum Gasteiger partial charge on any atom is -0.462 e. The third-order valence-corrected chi connectivity index (χ3v) is 18.2. The van der Waals surface area contributed by atoms with Gasteiger partial charge in [0.05, 0.1) is 59.3 Å². The number of hydrogen-bond acceptors (Lipinski definition) is 17. The Hall–Kier alpha value is -2.36. The summed E-state index contributed by atoms with van der Waals surface area (Å²) in [5, 5.41) is 49.4. The van der Waals surface area contributed by atoms with Gasteiger partial charge in [0.15, 0.2) is 18.9 Å². The lowest BCUT2D eigenvalue weighted by Gasteiger charge is -2.69. The van der Waals surface area contributed by atoms with Crippen molar-refractivity contribution >= 4 is 11.9 Å². The van der Waals surface area contributed by atoms with Crippen LogP contribution in [0, 0.1) is 22.7 Å². The third kappa shape index (κ3) is 8.89. The number of aliphatic hydroxyl groups is 4. The van der Waals surface area contributed by atoms with E-state index < -0.39 is 119 Å². The van der Waals surface area contributed by atoms with Gasteiger partial charge in [-0.25, -0.2) is 4.79 Å². The number of aliphatic hydroxyl groups excluding tert-OH is 1. The van der Waals surface area contributed by atoms with Gasteiger partial charge in [0.25, 0.3) is 0 Å². The Bertz CT molecular complexity index is 1910. The molecular weight excluding hydrogens is 885 g/mol. The molecule has 0 aromatic heterocycles. The molecule has 4 aliphatic carbocycles. The first-order chi connectivity index (χ1) is 32.2. The number of esters is 2. The van der Waals surface area contributed by atoms with Gasteiger partial charge in [-0.15, -0.1) is 0 Å². The fraction of sp³-hybridized carbons (Fsp3) is 0.843. The van der Waals surface area contributed by atoms with Gasteiger partial charge in [0, 0.05) is 47.5 Å². The molecule has 3 aliphatic heterocycles. The molecule has 3 saturated heterocycles. The number of fused-ring (bicyclic) bond motifs is 5. The van der Waals surface area contributed by atoms with Crippen molar-refractivity contribution in [3.05, 3.63) is 35.9 Å². The topological polar surface area (TPSA) is 217 Å². The van der Waals surface area contributed by atoms with Crippen LogP contribution in [0.2, 0.25) is 0 Å². The van der Waals surface area contributed by atoms with Crippen molar-refractivity contribution in [2.75, 3.05) is 21.3 Å². The largest absolute Gasteiger partial charge is 0.462 e. The monoisotopic (exact) mass is 963 g/mol. The second-order valence-corrected chi connectivity index (χ2v) is 21.5. The highest BCUT2D eigenvalue weighted by atomic mass is 16.7. The molecule has 3 heterocycles. The number of carbonyl (C=O) groups excluding carboxylic acids is 2. The van der Waals surface area contributed by atoms with E-state index in [1.165, 1.54) is 6.92 Å². The standard InChI is InChI=1S/C51H78O17/c1-27-43(53)35(58-8)23-41(61-27)67-45-29(3)63-42(25-37(45)60-10)68-44-28(2)62-40(24-36(44)59-9)66-34-17-18-47(6)33(22-34)16-19-50(56)38(47)26-39(65-31(5)52)48(7)49(55,20-21-51(48,50)57)30(4)64-46(54)32-14-12-11-13-15-32/h11-15,27-30,33-45,53,55-57H,16-26H2,1-10H3/t27-,28-,29-,30+,33+,34+,35-,36+,37+,38-,39-,40+,41+,42+,43-,44-,45-,47+,48-,49+,50+,51-/m1/s1. The molecule has 68 heavy (non-hydrogen) atoms. The Balaban J connectivity index is 0.903. The molecule has 0 spiro atoms.